The summed E-state index contributed by atoms with van der Waals surface area (Å²) in [7, 11) is 0. The molecule has 0 atom stereocenters. The average Bonchev–Trinajstić information content (AvgIpc) is 3.00. The van der Waals surface area contributed by atoms with E-state index in [1.807, 2.05) is 48.5 Å². The number of benzene rings is 2. The van der Waals surface area contributed by atoms with Gasteiger partial charge >= 0.3 is 0 Å². The maximum Gasteiger partial charge on any atom is 0.216 e. The molecule has 3 rings (SSSR count). The van der Waals surface area contributed by atoms with Gasteiger partial charge in [-0.05, 0) is 60.6 Å². The molecule has 0 fully saturated rings. The van der Waals surface area contributed by atoms with E-state index in [9.17, 15) is 0 Å². The summed E-state index contributed by atoms with van der Waals surface area (Å²) in [6.45, 7) is 2.80. The van der Waals surface area contributed by atoms with Crippen molar-refractivity contribution in [3.8, 4) is 17.1 Å². The summed E-state index contributed by atoms with van der Waals surface area (Å²) in [5.41, 5.74) is 1.86. The van der Waals surface area contributed by atoms with Crippen LogP contribution in [0.25, 0.3) is 11.4 Å². The number of H-pyrrole nitrogens is 1. The maximum absolute atomic E-state index is 5.58. The highest BCUT2D eigenvalue weighted by molar-refractivity contribution is 9.10. The molecule has 0 aliphatic carbocycles. The standard InChI is InChI=1S/C18H17BrN4OS/c1-2-11-24-14-9-7-13(8-10-14)12-20-23-17(21-22-18(23)25)15-5-3-4-6-16(15)19/h3-10,12H,2,11H2,1H3,(H,22,25)/b20-12-. The molecule has 0 aliphatic rings. The van der Waals surface area contributed by atoms with Crippen LogP contribution in [0.15, 0.2) is 58.1 Å². The zero-order chi connectivity index (χ0) is 17.6. The number of nitrogens with one attached hydrogen (secondary N) is 1. The lowest BCUT2D eigenvalue weighted by molar-refractivity contribution is 0.317. The fraction of sp³-hybridized carbons (Fsp3) is 0.167. The van der Waals surface area contributed by atoms with Gasteiger partial charge in [0, 0.05) is 10.0 Å². The minimum atomic E-state index is 0.435. The fourth-order valence-corrected chi connectivity index (χ4v) is 2.85. The van der Waals surface area contributed by atoms with Crippen molar-refractivity contribution < 1.29 is 4.74 Å². The number of nitrogens with zero attached hydrogens (tertiary/aromatic N) is 3. The molecule has 5 nitrogen and oxygen atoms in total. The molecule has 3 aromatic rings. The van der Waals surface area contributed by atoms with Crippen LogP contribution < -0.4 is 4.74 Å². The lowest BCUT2D eigenvalue weighted by atomic mass is 10.2. The molecule has 0 saturated carbocycles. The van der Waals surface area contributed by atoms with Crippen LogP contribution in [0.4, 0.5) is 0 Å². The van der Waals surface area contributed by atoms with E-state index in [-0.39, 0.29) is 0 Å². The molecule has 0 saturated heterocycles. The monoisotopic (exact) mass is 416 g/mol. The molecule has 0 unspecified atom stereocenters. The number of rotatable bonds is 6. The average molecular weight is 417 g/mol. The highest BCUT2D eigenvalue weighted by Gasteiger charge is 2.10. The zero-order valence-corrected chi connectivity index (χ0v) is 16.0. The first kappa shape index (κ1) is 17.6. The fourth-order valence-electron chi connectivity index (χ4n) is 2.21. The molecule has 2 aromatic carbocycles. The molecule has 7 heteroatoms. The Kier molecular flexibility index (Phi) is 5.78. The first-order valence-electron chi connectivity index (χ1n) is 7.88. The van der Waals surface area contributed by atoms with E-state index >= 15 is 0 Å². The second-order valence-corrected chi connectivity index (χ2v) is 6.55. The molecule has 1 N–H and O–H groups in total. The molecular weight excluding hydrogens is 400 g/mol. The van der Waals surface area contributed by atoms with Crippen molar-refractivity contribution in [3.05, 3.63) is 63.3 Å². The van der Waals surface area contributed by atoms with Crippen molar-refractivity contribution in [2.45, 2.75) is 13.3 Å². The predicted molar refractivity (Wildman–Crippen MR) is 106 cm³/mol. The van der Waals surface area contributed by atoms with Gasteiger partial charge < -0.3 is 4.74 Å². The molecule has 25 heavy (non-hydrogen) atoms. The predicted octanol–water partition coefficient (Wildman–Crippen LogP) is 5.04. The Morgan fingerprint density at radius 1 is 1.24 bits per heavy atom. The SMILES string of the molecule is CCCOc1ccc(/C=N\n2c(-c3ccccc3Br)n[nH]c2=S)cc1. The summed E-state index contributed by atoms with van der Waals surface area (Å²) in [4.78, 5) is 0. The van der Waals surface area contributed by atoms with Gasteiger partial charge in [-0.25, -0.2) is 5.10 Å². The van der Waals surface area contributed by atoms with Crippen molar-refractivity contribution in [3.63, 3.8) is 0 Å². The lowest BCUT2D eigenvalue weighted by Crippen LogP contribution is -1.96. The van der Waals surface area contributed by atoms with Crippen LogP contribution in [0.1, 0.15) is 18.9 Å². The number of hydrogen-bond donors (Lipinski definition) is 1. The van der Waals surface area contributed by atoms with E-state index in [1.54, 1.807) is 10.9 Å². The Balaban J connectivity index is 1.86. The van der Waals surface area contributed by atoms with E-state index in [1.165, 1.54) is 0 Å². The van der Waals surface area contributed by atoms with Gasteiger partial charge in [-0.15, -0.1) is 0 Å². The third kappa shape index (κ3) is 4.24. The second kappa shape index (κ2) is 8.22. The Morgan fingerprint density at radius 3 is 2.72 bits per heavy atom. The molecular formula is C18H17BrN4OS. The maximum atomic E-state index is 5.58. The van der Waals surface area contributed by atoms with Gasteiger partial charge in [0.25, 0.3) is 0 Å². The van der Waals surface area contributed by atoms with E-state index in [2.05, 4.69) is 38.2 Å². The lowest BCUT2D eigenvalue weighted by Gasteiger charge is -2.04. The zero-order valence-electron chi connectivity index (χ0n) is 13.6. The van der Waals surface area contributed by atoms with Crippen LogP contribution in [-0.4, -0.2) is 27.7 Å². The summed E-state index contributed by atoms with van der Waals surface area (Å²) >= 11 is 8.83. The van der Waals surface area contributed by atoms with Crippen LogP contribution in [0.2, 0.25) is 0 Å². The first-order valence-corrected chi connectivity index (χ1v) is 9.08. The van der Waals surface area contributed by atoms with Crippen molar-refractivity contribution in [2.24, 2.45) is 5.10 Å². The Labute approximate surface area is 159 Å². The van der Waals surface area contributed by atoms with Crippen molar-refractivity contribution in [1.82, 2.24) is 14.9 Å². The summed E-state index contributed by atoms with van der Waals surface area (Å²) in [6, 6.07) is 15.6. The Morgan fingerprint density at radius 2 is 2.00 bits per heavy atom. The van der Waals surface area contributed by atoms with Crippen molar-refractivity contribution in [2.75, 3.05) is 6.61 Å². The largest absolute Gasteiger partial charge is 0.494 e. The highest BCUT2D eigenvalue weighted by Crippen LogP contribution is 2.26. The van der Waals surface area contributed by atoms with Crippen LogP contribution in [-0.2, 0) is 0 Å². The van der Waals surface area contributed by atoms with Gasteiger partial charge in [0.1, 0.15) is 5.75 Å². The second-order valence-electron chi connectivity index (χ2n) is 5.31. The minimum Gasteiger partial charge on any atom is -0.494 e. The van der Waals surface area contributed by atoms with Gasteiger partial charge in [-0.1, -0.05) is 35.0 Å². The van der Waals surface area contributed by atoms with Crippen LogP contribution >= 0.6 is 28.1 Å². The normalized spacial score (nSPS) is 11.1. The van der Waals surface area contributed by atoms with E-state index in [0.717, 1.165) is 27.8 Å². The van der Waals surface area contributed by atoms with Crippen molar-refractivity contribution in [1.29, 1.82) is 0 Å². The smallest absolute Gasteiger partial charge is 0.216 e. The van der Waals surface area contributed by atoms with Gasteiger partial charge in [0.2, 0.25) is 4.77 Å². The summed E-state index contributed by atoms with van der Waals surface area (Å²) in [5.74, 6) is 1.50. The Hall–Kier alpha value is -2.25. The third-order valence-corrected chi connectivity index (χ3v) is 4.40. The molecule has 1 aromatic heterocycles. The highest BCUT2D eigenvalue weighted by atomic mass is 79.9. The van der Waals surface area contributed by atoms with Gasteiger partial charge in [-0.3, -0.25) is 0 Å². The molecule has 1 heterocycles. The van der Waals surface area contributed by atoms with Gasteiger partial charge in [0.15, 0.2) is 5.82 Å². The van der Waals surface area contributed by atoms with Gasteiger partial charge in [-0.2, -0.15) is 14.9 Å². The number of halogens is 1. The topological polar surface area (TPSA) is 55.2 Å². The van der Waals surface area contributed by atoms with Crippen LogP contribution in [0.5, 0.6) is 5.75 Å². The summed E-state index contributed by atoms with van der Waals surface area (Å²) in [6.07, 6.45) is 2.73. The van der Waals surface area contributed by atoms with Crippen molar-refractivity contribution >= 4 is 34.4 Å². The molecule has 0 bridgehead atoms. The summed E-state index contributed by atoms with van der Waals surface area (Å²) < 4.78 is 8.55. The molecule has 0 spiro atoms. The molecule has 0 aliphatic heterocycles. The summed E-state index contributed by atoms with van der Waals surface area (Å²) in [5, 5.41) is 11.6. The van der Waals surface area contributed by atoms with Crippen LogP contribution in [0.3, 0.4) is 0 Å². The molecule has 0 amide bonds. The first-order chi connectivity index (χ1) is 12.2. The number of hydrogen-bond acceptors (Lipinski definition) is 4. The third-order valence-electron chi connectivity index (χ3n) is 3.44. The van der Waals surface area contributed by atoms with E-state index in [0.29, 0.717) is 17.2 Å². The van der Waals surface area contributed by atoms with Crippen LogP contribution in [0, 0.1) is 4.77 Å². The number of ether oxygens (including phenoxy) is 1. The Bertz CT molecular complexity index is 931. The number of aromatic amines is 1. The van der Waals surface area contributed by atoms with E-state index in [4.69, 9.17) is 17.0 Å². The quantitative estimate of drug-likeness (QED) is 0.452. The molecule has 128 valence electrons. The van der Waals surface area contributed by atoms with E-state index < -0.39 is 0 Å². The molecule has 0 radical (unpaired) electrons. The number of aromatic nitrogens is 3. The minimum absolute atomic E-state index is 0.435. The van der Waals surface area contributed by atoms with Gasteiger partial charge in [0.05, 0.1) is 12.8 Å².